The summed E-state index contributed by atoms with van der Waals surface area (Å²) in [5.74, 6) is 0.287. The summed E-state index contributed by atoms with van der Waals surface area (Å²) in [5.41, 5.74) is -0.516. The van der Waals surface area contributed by atoms with Crippen LogP contribution in [0.3, 0.4) is 0 Å². The Labute approximate surface area is 162 Å². The average Bonchev–Trinajstić information content (AvgIpc) is 3.35. The maximum absolute atomic E-state index is 13.1. The van der Waals surface area contributed by atoms with Crippen LogP contribution < -0.4 is 0 Å². The van der Waals surface area contributed by atoms with Crippen LogP contribution in [0.4, 0.5) is 0 Å². The molecule has 2 aliphatic heterocycles. The summed E-state index contributed by atoms with van der Waals surface area (Å²) in [5, 5.41) is -0.163. The molecule has 0 unspecified atom stereocenters. The number of sulfonamides is 1. The largest absolute Gasteiger partial charge is 0.348 e. The molecule has 1 spiro atoms. The maximum Gasteiger partial charge on any atom is 0.230 e. The number of amides is 2. The third-order valence-electron chi connectivity index (χ3n) is 7.65. The predicted molar refractivity (Wildman–Crippen MR) is 101 cm³/mol. The molecule has 0 aromatic heterocycles. The summed E-state index contributed by atoms with van der Waals surface area (Å²) in [6.45, 7) is 3.83. The molecule has 0 radical (unpaired) electrons. The van der Waals surface area contributed by atoms with Gasteiger partial charge in [0, 0.05) is 47.2 Å². The summed E-state index contributed by atoms with van der Waals surface area (Å²) < 4.78 is 26.9. The zero-order valence-electron chi connectivity index (χ0n) is 16.6. The molecule has 0 N–H and O–H groups in total. The Morgan fingerprint density at radius 2 is 1.67 bits per heavy atom. The fourth-order valence-electron chi connectivity index (χ4n) is 5.96. The topological polar surface area (TPSA) is 78.0 Å². The van der Waals surface area contributed by atoms with Gasteiger partial charge in [0.25, 0.3) is 0 Å². The van der Waals surface area contributed by atoms with Crippen molar-refractivity contribution >= 4 is 21.8 Å². The minimum atomic E-state index is -3.13. The van der Waals surface area contributed by atoms with Crippen molar-refractivity contribution < 1.29 is 18.0 Å². The lowest BCUT2D eigenvalue weighted by Crippen LogP contribution is -2.49. The van der Waals surface area contributed by atoms with E-state index in [2.05, 4.69) is 0 Å². The highest BCUT2D eigenvalue weighted by Gasteiger charge is 2.65. The van der Waals surface area contributed by atoms with Gasteiger partial charge in [-0.05, 0) is 49.9 Å². The number of carbonyl (C=O) groups excluding carboxylic acids is 2. The van der Waals surface area contributed by atoms with Crippen LogP contribution >= 0.6 is 0 Å². The first-order valence-corrected chi connectivity index (χ1v) is 11.6. The predicted octanol–water partition coefficient (Wildman–Crippen LogP) is 0.908. The van der Waals surface area contributed by atoms with E-state index in [1.54, 1.807) is 30.2 Å². The zero-order valence-corrected chi connectivity index (χ0v) is 17.4. The molecule has 0 aromatic rings. The van der Waals surface area contributed by atoms with E-state index in [0.29, 0.717) is 26.2 Å². The van der Waals surface area contributed by atoms with E-state index in [0.717, 1.165) is 38.5 Å². The maximum atomic E-state index is 13.1. The Morgan fingerprint density at radius 3 is 2.19 bits per heavy atom. The molecule has 152 valence electrons. The van der Waals surface area contributed by atoms with Crippen LogP contribution in [0.15, 0.2) is 0 Å². The van der Waals surface area contributed by atoms with Crippen LogP contribution in [-0.2, 0) is 19.6 Å². The first-order valence-electron chi connectivity index (χ1n) is 10.1. The van der Waals surface area contributed by atoms with Gasteiger partial charge in [0.05, 0.1) is 10.7 Å². The van der Waals surface area contributed by atoms with Gasteiger partial charge < -0.3 is 9.80 Å². The molecule has 2 amide bonds. The molecule has 2 saturated heterocycles. The van der Waals surface area contributed by atoms with E-state index in [1.165, 1.54) is 0 Å². The van der Waals surface area contributed by atoms with Crippen molar-refractivity contribution in [3.63, 3.8) is 0 Å². The van der Waals surface area contributed by atoms with Crippen molar-refractivity contribution in [3.05, 3.63) is 0 Å². The fraction of sp³-hybridized carbons (Fsp3) is 0.895. The average molecular weight is 398 g/mol. The molecule has 8 heteroatoms. The second-order valence-corrected chi connectivity index (χ2v) is 11.5. The number of hydrogen-bond donors (Lipinski definition) is 0. The lowest BCUT2D eigenvalue weighted by molar-refractivity contribution is -0.141. The van der Waals surface area contributed by atoms with Crippen molar-refractivity contribution in [2.75, 3.05) is 40.3 Å². The molecular formula is C19H31N3O4S. The second kappa shape index (κ2) is 6.17. The van der Waals surface area contributed by atoms with Crippen molar-refractivity contribution in [2.24, 2.45) is 16.7 Å². The monoisotopic (exact) mass is 397 g/mol. The molecule has 2 saturated carbocycles. The first kappa shape index (κ1) is 19.2. The van der Waals surface area contributed by atoms with Gasteiger partial charge in [-0.3, -0.25) is 9.59 Å². The molecule has 0 bridgehead atoms. The number of piperidine rings is 1. The van der Waals surface area contributed by atoms with E-state index in [1.807, 2.05) is 4.90 Å². The van der Waals surface area contributed by atoms with Gasteiger partial charge in [0.2, 0.25) is 21.8 Å². The normalized spacial score (nSPS) is 33.3. The molecule has 0 aromatic carbocycles. The van der Waals surface area contributed by atoms with E-state index in [9.17, 15) is 18.0 Å². The van der Waals surface area contributed by atoms with Crippen molar-refractivity contribution in [3.8, 4) is 0 Å². The minimum absolute atomic E-state index is 0.0224. The van der Waals surface area contributed by atoms with Gasteiger partial charge in [0.15, 0.2) is 0 Å². The van der Waals surface area contributed by atoms with Crippen molar-refractivity contribution in [1.82, 2.24) is 14.1 Å². The Hall–Kier alpha value is -1.15. The summed E-state index contributed by atoms with van der Waals surface area (Å²) in [4.78, 5) is 28.7. The Bertz CT molecular complexity index is 753. The van der Waals surface area contributed by atoms with Gasteiger partial charge in [0.1, 0.15) is 0 Å². The number of likely N-dealkylation sites (tertiary alicyclic amines) is 1. The number of nitrogens with zero attached hydrogens (tertiary/aromatic N) is 3. The van der Waals surface area contributed by atoms with E-state index in [4.69, 9.17) is 0 Å². The molecule has 4 aliphatic rings. The minimum Gasteiger partial charge on any atom is -0.348 e. The smallest absolute Gasteiger partial charge is 0.230 e. The van der Waals surface area contributed by atoms with Crippen LogP contribution in [0.1, 0.15) is 45.4 Å². The van der Waals surface area contributed by atoms with E-state index < -0.39 is 15.4 Å². The summed E-state index contributed by atoms with van der Waals surface area (Å²) in [6.07, 6.45) is 4.95. The van der Waals surface area contributed by atoms with Crippen LogP contribution in [0.2, 0.25) is 0 Å². The molecular weight excluding hydrogens is 366 g/mol. The van der Waals surface area contributed by atoms with Gasteiger partial charge >= 0.3 is 0 Å². The second-order valence-electron chi connectivity index (χ2n) is 9.31. The number of rotatable bonds is 3. The van der Waals surface area contributed by atoms with Crippen molar-refractivity contribution in [2.45, 2.75) is 50.7 Å². The van der Waals surface area contributed by atoms with Crippen LogP contribution in [0.25, 0.3) is 0 Å². The summed E-state index contributed by atoms with van der Waals surface area (Å²) >= 11 is 0. The van der Waals surface area contributed by atoms with Crippen LogP contribution in [0.5, 0.6) is 0 Å². The Kier molecular flexibility index (Phi) is 4.39. The summed E-state index contributed by atoms with van der Waals surface area (Å²) in [7, 11) is 0.451. The standard InChI is InChI=1S/C19H31N3O4S/c1-14(23)21-12-16-18(6-7-19(16,13-21)17(24)20(2)3)8-10-22(11-9-18)27(25,26)15-4-5-15/h15-16H,4-13H2,1-3H3/t16-,19+/m1/s1. The quantitative estimate of drug-likeness (QED) is 0.709. The molecule has 2 aliphatic carbocycles. The molecule has 2 heterocycles. The Morgan fingerprint density at radius 1 is 1.04 bits per heavy atom. The molecule has 4 fully saturated rings. The third kappa shape index (κ3) is 2.82. The molecule has 7 nitrogen and oxygen atoms in total. The SMILES string of the molecule is CC(=O)N1C[C@@H]2C3(CCN(S(=O)(=O)C4CC4)CC3)CC[C@]2(C(=O)N(C)C)C1. The number of carbonyl (C=O) groups is 2. The summed E-state index contributed by atoms with van der Waals surface area (Å²) in [6, 6.07) is 0. The third-order valence-corrected chi connectivity index (χ3v) is 10.1. The van der Waals surface area contributed by atoms with Gasteiger partial charge in [-0.15, -0.1) is 0 Å². The van der Waals surface area contributed by atoms with Gasteiger partial charge in [-0.25, -0.2) is 12.7 Å². The van der Waals surface area contributed by atoms with Crippen molar-refractivity contribution in [1.29, 1.82) is 0 Å². The first-order chi connectivity index (χ1) is 12.6. The zero-order chi connectivity index (χ0) is 19.6. The van der Waals surface area contributed by atoms with Crippen LogP contribution in [0, 0.1) is 16.7 Å². The molecule has 2 atom stereocenters. The molecule has 27 heavy (non-hydrogen) atoms. The number of hydrogen-bond acceptors (Lipinski definition) is 4. The highest BCUT2D eigenvalue weighted by molar-refractivity contribution is 7.90. The number of fused-ring (bicyclic) bond motifs is 2. The lowest BCUT2D eigenvalue weighted by atomic mass is 9.66. The Balaban J connectivity index is 1.58. The lowest BCUT2D eigenvalue weighted by Gasteiger charge is -2.44. The fourth-order valence-corrected chi connectivity index (χ4v) is 7.80. The highest BCUT2D eigenvalue weighted by Crippen LogP contribution is 2.62. The van der Waals surface area contributed by atoms with E-state index >= 15 is 0 Å². The van der Waals surface area contributed by atoms with Gasteiger partial charge in [-0.1, -0.05) is 0 Å². The molecule has 4 rings (SSSR count). The van der Waals surface area contributed by atoms with Gasteiger partial charge in [-0.2, -0.15) is 0 Å². The van der Waals surface area contributed by atoms with E-state index in [-0.39, 0.29) is 28.4 Å². The highest BCUT2D eigenvalue weighted by atomic mass is 32.2. The van der Waals surface area contributed by atoms with Crippen LogP contribution in [-0.4, -0.2) is 79.9 Å².